The van der Waals surface area contributed by atoms with Gasteiger partial charge >= 0.3 is 0 Å². The summed E-state index contributed by atoms with van der Waals surface area (Å²) in [7, 11) is 1.93. The van der Waals surface area contributed by atoms with E-state index in [1.807, 2.05) is 36.0 Å². The van der Waals surface area contributed by atoms with Crippen LogP contribution in [0.25, 0.3) is 10.9 Å². The smallest absolute Gasteiger partial charge is 0.124 e. The molecule has 0 bridgehead atoms. The van der Waals surface area contributed by atoms with Gasteiger partial charge in [0.15, 0.2) is 0 Å². The molecule has 0 saturated carbocycles. The Balaban J connectivity index is 2.77. The molecular weight excluding hydrogens is 198 g/mol. The van der Waals surface area contributed by atoms with E-state index >= 15 is 0 Å². The van der Waals surface area contributed by atoms with Crippen LogP contribution in [0, 0.1) is 0 Å². The van der Waals surface area contributed by atoms with Crippen LogP contribution in [0.4, 0.5) is 0 Å². The highest BCUT2D eigenvalue weighted by molar-refractivity contribution is 6.35. The molecule has 0 aliphatic rings. The lowest BCUT2D eigenvalue weighted by Crippen LogP contribution is -1.84. The molecule has 3 heteroatoms. The van der Waals surface area contributed by atoms with Crippen molar-refractivity contribution >= 4 is 28.8 Å². The number of aromatic nitrogens is 1. The number of para-hydroxylation sites is 1. The number of hydrogen-bond donors (Lipinski definition) is 0. The molecule has 2 aromatic rings. The molecule has 14 heavy (non-hydrogen) atoms. The number of halogens is 1. The maximum Gasteiger partial charge on any atom is 0.124 e. The molecule has 72 valence electrons. The molecule has 0 fully saturated rings. The van der Waals surface area contributed by atoms with Crippen LogP contribution in [0.2, 0.25) is 5.02 Å². The quantitative estimate of drug-likeness (QED) is 0.694. The summed E-state index contributed by atoms with van der Waals surface area (Å²) in [5, 5.41) is 1.79. The Bertz CT molecular complexity index is 487. The fourth-order valence-electron chi connectivity index (χ4n) is 1.75. The highest BCUT2D eigenvalue weighted by Gasteiger charge is 2.07. The van der Waals surface area contributed by atoms with Crippen molar-refractivity contribution in [1.82, 2.24) is 4.57 Å². The average Bonchev–Trinajstić information content (AvgIpc) is 2.46. The molecule has 0 saturated heterocycles. The Morgan fingerprint density at radius 1 is 1.50 bits per heavy atom. The first-order valence-corrected chi connectivity index (χ1v) is 4.78. The maximum atomic E-state index is 10.5. The molecule has 0 aliphatic heterocycles. The molecule has 0 amide bonds. The highest BCUT2D eigenvalue weighted by Crippen LogP contribution is 2.27. The van der Waals surface area contributed by atoms with E-state index in [0.29, 0.717) is 6.42 Å². The summed E-state index contributed by atoms with van der Waals surface area (Å²) in [5.41, 5.74) is 2.02. The summed E-state index contributed by atoms with van der Waals surface area (Å²) in [4.78, 5) is 10.5. The van der Waals surface area contributed by atoms with Crippen LogP contribution in [-0.4, -0.2) is 10.9 Å². The Hall–Kier alpha value is -1.28. The Labute approximate surface area is 87.1 Å². The van der Waals surface area contributed by atoms with E-state index in [-0.39, 0.29) is 0 Å². The van der Waals surface area contributed by atoms with Crippen LogP contribution in [0.3, 0.4) is 0 Å². The van der Waals surface area contributed by atoms with Crippen LogP contribution in [0.1, 0.15) is 5.56 Å². The summed E-state index contributed by atoms with van der Waals surface area (Å²) in [6.45, 7) is 0. The van der Waals surface area contributed by atoms with Crippen molar-refractivity contribution in [1.29, 1.82) is 0 Å². The third-order valence-electron chi connectivity index (χ3n) is 2.34. The van der Waals surface area contributed by atoms with Crippen LogP contribution in [0.15, 0.2) is 24.4 Å². The molecule has 1 aromatic heterocycles. The van der Waals surface area contributed by atoms with Gasteiger partial charge in [-0.05, 0) is 11.6 Å². The van der Waals surface area contributed by atoms with E-state index in [1.165, 1.54) is 0 Å². The molecule has 0 aliphatic carbocycles. The SMILES string of the molecule is Cn1cc(CC=O)c2cccc(Cl)c21. The van der Waals surface area contributed by atoms with Gasteiger partial charge in [0.25, 0.3) is 0 Å². The van der Waals surface area contributed by atoms with Crippen molar-refractivity contribution in [2.24, 2.45) is 7.05 Å². The van der Waals surface area contributed by atoms with Crippen molar-refractivity contribution in [3.8, 4) is 0 Å². The lowest BCUT2D eigenvalue weighted by Gasteiger charge is -1.97. The molecule has 0 radical (unpaired) electrons. The minimum absolute atomic E-state index is 0.442. The van der Waals surface area contributed by atoms with Crippen molar-refractivity contribution in [3.05, 3.63) is 35.0 Å². The van der Waals surface area contributed by atoms with Gasteiger partial charge in [0.2, 0.25) is 0 Å². The van der Waals surface area contributed by atoms with E-state index in [9.17, 15) is 4.79 Å². The minimum Gasteiger partial charge on any atom is -0.349 e. The second-order valence-electron chi connectivity index (χ2n) is 3.27. The van der Waals surface area contributed by atoms with Crippen LogP contribution in [-0.2, 0) is 18.3 Å². The van der Waals surface area contributed by atoms with Crippen molar-refractivity contribution in [3.63, 3.8) is 0 Å². The zero-order valence-corrected chi connectivity index (χ0v) is 8.58. The Kier molecular flexibility index (Phi) is 2.30. The van der Waals surface area contributed by atoms with E-state index in [2.05, 4.69) is 0 Å². The Morgan fingerprint density at radius 3 is 3.00 bits per heavy atom. The van der Waals surface area contributed by atoms with Gasteiger partial charge in [-0.3, -0.25) is 0 Å². The number of rotatable bonds is 2. The van der Waals surface area contributed by atoms with Crippen molar-refractivity contribution in [2.45, 2.75) is 6.42 Å². The number of aldehydes is 1. The molecular formula is C11H10ClNO. The van der Waals surface area contributed by atoms with Crippen LogP contribution in [0.5, 0.6) is 0 Å². The highest BCUT2D eigenvalue weighted by atomic mass is 35.5. The predicted molar refractivity (Wildman–Crippen MR) is 57.7 cm³/mol. The monoisotopic (exact) mass is 207 g/mol. The van der Waals surface area contributed by atoms with Gasteiger partial charge in [0.05, 0.1) is 10.5 Å². The third-order valence-corrected chi connectivity index (χ3v) is 2.64. The van der Waals surface area contributed by atoms with Gasteiger partial charge in [0.1, 0.15) is 6.29 Å². The van der Waals surface area contributed by atoms with Gasteiger partial charge in [0, 0.05) is 25.1 Å². The summed E-state index contributed by atoms with van der Waals surface area (Å²) in [6, 6.07) is 5.74. The van der Waals surface area contributed by atoms with Gasteiger partial charge in [-0.1, -0.05) is 23.7 Å². The van der Waals surface area contributed by atoms with E-state index in [4.69, 9.17) is 11.6 Å². The molecule has 0 N–H and O–H groups in total. The zero-order valence-electron chi connectivity index (χ0n) is 7.83. The molecule has 0 unspecified atom stereocenters. The number of benzene rings is 1. The molecule has 0 spiro atoms. The fourth-order valence-corrected chi connectivity index (χ4v) is 2.06. The topological polar surface area (TPSA) is 22.0 Å². The van der Waals surface area contributed by atoms with Crippen LogP contribution >= 0.6 is 11.6 Å². The third kappa shape index (κ3) is 1.32. The number of carbonyl (C=O) groups is 1. The standard InChI is InChI=1S/C11H10ClNO/c1-13-7-8(5-6-14)9-3-2-4-10(12)11(9)13/h2-4,6-7H,5H2,1H3. The van der Waals surface area contributed by atoms with E-state index < -0.39 is 0 Å². The second-order valence-corrected chi connectivity index (χ2v) is 3.68. The van der Waals surface area contributed by atoms with Crippen LogP contribution < -0.4 is 0 Å². The largest absolute Gasteiger partial charge is 0.349 e. The average molecular weight is 208 g/mol. The lowest BCUT2D eigenvalue weighted by atomic mass is 10.1. The number of aryl methyl sites for hydroxylation is 1. The summed E-state index contributed by atoms with van der Waals surface area (Å²) in [5.74, 6) is 0. The van der Waals surface area contributed by atoms with Gasteiger partial charge < -0.3 is 9.36 Å². The lowest BCUT2D eigenvalue weighted by molar-refractivity contribution is -0.107. The van der Waals surface area contributed by atoms with E-state index in [1.54, 1.807) is 0 Å². The molecule has 1 aromatic carbocycles. The van der Waals surface area contributed by atoms with Gasteiger partial charge in [-0.2, -0.15) is 0 Å². The molecule has 1 heterocycles. The molecule has 2 nitrogen and oxygen atoms in total. The number of carbonyl (C=O) groups excluding carboxylic acids is 1. The first-order valence-electron chi connectivity index (χ1n) is 4.40. The maximum absolute atomic E-state index is 10.5. The minimum atomic E-state index is 0.442. The normalized spacial score (nSPS) is 10.7. The second kappa shape index (κ2) is 3.46. The predicted octanol–water partition coefficient (Wildman–Crippen LogP) is 2.57. The zero-order chi connectivity index (χ0) is 10.1. The molecule has 2 rings (SSSR count). The van der Waals surface area contributed by atoms with Crippen molar-refractivity contribution < 1.29 is 4.79 Å². The summed E-state index contributed by atoms with van der Waals surface area (Å²) in [6.07, 6.45) is 3.30. The summed E-state index contributed by atoms with van der Waals surface area (Å²) < 4.78 is 1.95. The number of hydrogen-bond acceptors (Lipinski definition) is 1. The number of nitrogens with zero attached hydrogens (tertiary/aromatic N) is 1. The van der Waals surface area contributed by atoms with Gasteiger partial charge in [-0.15, -0.1) is 0 Å². The summed E-state index contributed by atoms with van der Waals surface area (Å²) >= 11 is 6.07. The van der Waals surface area contributed by atoms with E-state index in [0.717, 1.165) is 27.8 Å². The van der Waals surface area contributed by atoms with Crippen molar-refractivity contribution in [2.75, 3.05) is 0 Å². The Morgan fingerprint density at radius 2 is 2.29 bits per heavy atom. The first-order chi connectivity index (χ1) is 6.74. The van der Waals surface area contributed by atoms with Gasteiger partial charge in [-0.25, -0.2) is 0 Å². The number of fused-ring (bicyclic) bond motifs is 1. The molecule has 0 atom stereocenters. The first kappa shape index (κ1) is 9.28. The fraction of sp³-hybridized carbons (Fsp3) is 0.182.